The van der Waals surface area contributed by atoms with Crippen LogP contribution in [0.4, 0.5) is 0 Å². The highest BCUT2D eigenvalue weighted by molar-refractivity contribution is 5.16. The van der Waals surface area contributed by atoms with Gasteiger partial charge in [0.1, 0.15) is 0 Å². The maximum absolute atomic E-state index is 2.69. The molecule has 0 bridgehead atoms. The topological polar surface area (TPSA) is 3.24 Å². The Morgan fingerprint density at radius 3 is 1.30 bits per heavy atom. The minimum Gasteiger partial charge on any atom is -0.303 e. The number of benzene rings is 2. The average molecular weight is 450 g/mol. The van der Waals surface area contributed by atoms with Gasteiger partial charge < -0.3 is 4.90 Å². The molecule has 0 atom stereocenters. The van der Waals surface area contributed by atoms with Gasteiger partial charge in [-0.15, -0.1) is 0 Å². The molecule has 0 saturated carbocycles. The predicted octanol–water partition coefficient (Wildman–Crippen LogP) is 9.11. The Hall–Kier alpha value is -1.60. The van der Waals surface area contributed by atoms with E-state index in [4.69, 9.17) is 0 Å². The number of unbranched alkanes of at least 4 members (excludes halogenated alkanes) is 10. The highest BCUT2D eigenvalue weighted by Crippen LogP contribution is 2.14. The van der Waals surface area contributed by atoms with Crippen molar-refractivity contribution in [1.29, 1.82) is 0 Å². The molecule has 0 aromatic heterocycles. The predicted molar refractivity (Wildman–Crippen MR) is 147 cm³/mol. The molecule has 0 spiro atoms. The largest absolute Gasteiger partial charge is 0.303 e. The summed E-state index contributed by atoms with van der Waals surface area (Å²) in [4.78, 5) is 2.69. The molecule has 0 aliphatic rings. The smallest absolute Gasteiger partial charge is 0.00219 e. The van der Waals surface area contributed by atoms with E-state index < -0.39 is 0 Å². The summed E-state index contributed by atoms with van der Waals surface area (Å²) in [6.45, 7) is 8.28. The summed E-state index contributed by atoms with van der Waals surface area (Å²) < 4.78 is 0. The molecule has 0 radical (unpaired) electrons. The fourth-order valence-corrected chi connectivity index (χ4v) is 4.68. The molecule has 33 heavy (non-hydrogen) atoms. The fraction of sp³-hybridized carbons (Fsp3) is 0.625. The van der Waals surface area contributed by atoms with E-state index in [-0.39, 0.29) is 0 Å². The molecule has 0 heterocycles. The van der Waals surface area contributed by atoms with E-state index in [1.165, 1.54) is 108 Å². The van der Waals surface area contributed by atoms with Gasteiger partial charge >= 0.3 is 0 Å². The summed E-state index contributed by atoms with van der Waals surface area (Å²) in [7, 11) is 0. The van der Waals surface area contributed by atoms with Crippen molar-refractivity contribution in [2.75, 3.05) is 19.6 Å². The van der Waals surface area contributed by atoms with Crippen LogP contribution in [0.25, 0.3) is 0 Å². The number of nitrogens with zero attached hydrogens (tertiary/aromatic N) is 1. The van der Waals surface area contributed by atoms with Crippen LogP contribution in [0, 0.1) is 5.92 Å². The molecular weight excluding hydrogens is 398 g/mol. The Balaban J connectivity index is 1.53. The van der Waals surface area contributed by atoms with Gasteiger partial charge in [0.05, 0.1) is 0 Å². The van der Waals surface area contributed by atoms with Crippen LogP contribution in [-0.2, 0) is 12.8 Å². The molecule has 0 amide bonds. The summed E-state index contributed by atoms with van der Waals surface area (Å²) in [5, 5.41) is 0. The lowest BCUT2D eigenvalue weighted by atomic mass is 10.0. The van der Waals surface area contributed by atoms with Crippen LogP contribution in [0.5, 0.6) is 0 Å². The third-order valence-electron chi connectivity index (χ3n) is 6.87. The number of hydrogen-bond acceptors (Lipinski definition) is 1. The van der Waals surface area contributed by atoms with E-state index >= 15 is 0 Å². The van der Waals surface area contributed by atoms with Gasteiger partial charge in [-0.25, -0.2) is 0 Å². The average Bonchev–Trinajstić information content (AvgIpc) is 2.84. The van der Waals surface area contributed by atoms with Crippen molar-refractivity contribution in [1.82, 2.24) is 4.90 Å². The van der Waals surface area contributed by atoms with E-state index in [1.54, 1.807) is 0 Å². The minimum absolute atomic E-state index is 0.879. The third-order valence-corrected chi connectivity index (χ3v) is 6.87. The summed E-state index contributed by atoms with van der Waals surface area (Å²) in [6.07, 6.45) is 19.5. The third kappa shape index (κ3) is 15.0. The Morgan fingerprint density at radius 2 is 0.879 bits per heavy atom. The standard InChI is InChI=1S/C32H51N/c1-30(2)20-14-10-8-6-4-3-5-7-9-11-19-27-33(28-25-31-21-15-12-16-22-31)29-26-32-23-17-13-18-24-32/h12-13,15-18,21-24,30H,3-11,14,19-20,25-29H2,1-2H3. The molecule has 1 heteroatoms. The van der Waals surface area contributed by atoms with Crippen LogP contribution < -0.4 is 0 Å². The van der Waals surface area contributed by atoms with E-state index in [9.17, 15) is 0 Å². The van der Waals surface area contributed by atoms with Gasteiger partial charge in [0.25, 0.3) is 0 Å². The second-order valence-corrected chi connectivity index (χ2v) is 10.4. The van der Waals surface area contributed by atoms with Gasteiger partial charge in [-0.05, 0) is 42.9 Å². The van der Waals surface area contributed by atoms with E-state index in [0.29, 0.717) is 0 Å². The SMILES string of the molecule is CC(C)CCCCCCCCCCCCCN(CCc1ccccc1)CCc1ccccc1. The van der Waals surface area contributed by atoms with Gasteiger partial charge in [0.2, 0.25) is 0 Å². The Morgan fingerprint density at radius 1 is 0.485 bits per heavy atom. The summed E-state index contributed by atoms with van der Waals surface area (Å²) >= 11 is 0. The van der Waals surface area contributed by atoms with Crippen molar-refractivity contribution < 1.29 is 0 Å². The molecule has 2 aromatic rings. The zero-order valence-corrected chi connectivity index (χ0v) is 21.8. The van der Waals surface area contributed by atoms with Gasteiger partial charge in [-0.1, -0.05) is 145 Å². The molecule has 0 aliphatic heterocycles. The van der Waals surface area contributed by atoms with Gasteiger partial charge in [-0.3, -0.25) is 0 Å². The lowest BCUT2D eigenvalue weighted by Crippen LogP contribution is -2.29. The first-order valence-electron chi connectivity index (χ1n) is 14.0. The zero-order chi connectivity index (χ0) is 23.4. The molecule has 0 N–H and O–H groups in total. The Kier molecular flexibility index (Phi) is 15.7. The van der Waals surface area contributed by atoms with E-state index in [1.807, 2.05) is 0 Å². The quantitative estimate of drug-likeness (QED) is 0.182. The normalized spacial score (nSPS) is 11.5. The first kappa shape index (κ1) is 27.6. The van der Waals surface area contributed by atoms with Crippen LogP contribution in [0.2, 0.25) is 0 Å². The monoisotopic (exact) mass is 449 g/mol. The molecule has 2 rings (SSSR count). The van der Waals surface area contributed by atoms with Crippen molar-refractivity contribution >= 4 is 0 Å². The summed E-state index contributed by atoms with van der Waals surface area (Å²) in [5.41, 5.74) is 2.92. The highest BCUT2D eigenvalue weighted by Gasteiger charge is 2.06. The van der Waals surface area contributed by atoms with Crippen molar-refractivity contribution in [3.63, 3.8) is 0 Å². The molecule has 184 valence electrons. The molecule has 0 fully saturated rings. The van der Waals surface area contributed by atoms with E-state index in [0.717, 1.165) is 18.8 Å². The Labute approximate surface area is 206 Å². The second-order valence-electron chi connectivity index (χ2n) is 10.4. The van der Waals surface area contributed by atoms with E-state index in [2.05, 4.69) is 79.4 Å². The summed E-state index contributed by atoms with van der Waals surface area (Å²) in [5.74, 6) is 0.879. The first-order chi connectivity index (χ1) is 16.2. The minimum atomic E-state index is 0.879. The maximum atomic E-state index is 2.69. The maximum Gasteiger partial charge on any atom is 0.00219 e. The number of hydrogen-bond donors (Lipinski definition) is 0. The molecular formula is C32H51N. The summed E-state index contributed by atoms with van der Waals surface area (Å²) in [6, 6.07) is 21.9. The van der Waals surface area contributed by atoms with Crippen molar-refractivity contribution in [3.8, 4) is 0 Å². The Bertz CT molecular complexity index is 620. The van der Waals surface area contributed by atoms with Crippen molar-refractivity contribution in [3.05, 3.63) is 71.8 Å². The molecule has 0 aliphatic carbocycles. The van der Waals surface area contributed by atoms with Gasteiger partial charge in [0.15, 0.2) is 0 Å². The molecule has 0 saturated heterocycles. The lowest BCUT2D eigenvalue weighted by Gasteiger charge is -2.22. The van der Waals surface area contributed by atoms with Crippen molar-refractivity contribution in [2.45, 2.75) is 104 Å². The van der Waals surface area contributed by atoms with Crippen LogP contribution in [0.3, 0.4) is 0 Å². The van der Waals surface area contributed by atoms with Crippen LogP contribution in [-0.4, -0.2) is 24.5 Å². The molecule has 0 unspecified atom stereocenters. The number of rotatable bonds is 20. The molecule has 2 aromatic carbocycles. The van der Waals surface area contributed by atoms with Crippen LogP contribution in [0.15, 0.2) is 60.7 Å². The van der Waals surface area contributed by atoms with Crippen LogP contribution in [0.1, 0.15) is 102 Å². The fourth-order valence-electron chi connectivity index (χ4n) is 4.68. The molecule has 1 nitrogen and oxygen atoms in total. The lowest BCUT2D eigenvalue weighted by molar-refractivity contribution is 0.273. The first-order valence-corrected chi connectivity index (χ1v) is 14.0. The van der Waals surface area contributed by atoms with Crippen molar-refractivity contribution in [2.24, 2.45) is 5.92 Å². The van der Waals surface area contributed by atoms with Crippen LogP contribution >= 0.6 is 0 Å². The highest BCUT2D eigenvalue weighted by atomic mass is 15.1. The zero-order valence-electron chi connectivity index (χ0n) is 21.8. The van der Waals surface area contributed by atoms with Gasteiger partial charge in [-0.2, -0.15) is 0 Å². The second kappa shape index (κ2) is 18.8. The van der Waals surface area contributed by atoms with Gasteiger partial charge in [0, 0.05) is 13.1 Å².